The van der Waals surface area contributed by atoms with E-state index in [4.69, 9.17) is 0 Å². The molecule has 0 bridgehead atoms. The number of aromatic nitrogens is 3. The molecule has 0 aliphatic carbocycles. The van der Waals surface area contributed by atoms with Crippen LogP contribution in [0.1, 0.15) is 48.9 Å². The molecule has 1 aromatic heterocycles. The van der Waals surface area contributed by atoms with Crippen molar-refractivity contribution < 1.29 is 4.79 Å². The van der Waals surface area contributed by atoms with Crippen LogP contribution in [0.15, 0.2) is 36.7 Å². The molecule has 1 heterocycles. The molecule has 0 N–H and O–H groups in total. The molecule has 0 saturated heterocycles. The van der Waals surface area contributed by atoms with Crippen LogP contribution in [0.4, 0.5) is 0 Å². The van der Waals surface area contributed by atoms with Crippen molar-refractivity contribution in [2.75, 3.05) is 0 Å². The third-order valence-corrected chi connectivity index (χ3v) is 2.98. The Hall–Kier alpha value is -1.97. The first kappa shape index (κ1) is 12.5. The van der Waals surface area contributed by atoms with E-state index < -0.39 is 0 Å². The highest BCUT2D eigenvalue weighted by atomic mass is 16.1. The molecule has 0 saturated carbocycles. The van der Waals surface area contributed by atoms with Gasteiger partial charge in [-0.05, 0) is 19.4 Å². The summed E-state index contributed by atoms with van der Waals surface area (Å²) in [6.07, 6.45) is 1.44. The Labute approximate surface area is 107 Å². The van der Waals surface area contributed by atoms with Crippen LogP contribution in [-0.2, 0) is 0 Å². The number of Topliss-reactive ketones (excluding diaryl/α,β-unsaturated/α-hetero) is 1. The molecule has 1 unspecified atom stereocenters. The molecule has 4 nitrogen and oxygen atoms in total. The monoisotopic (exact) mass is 243 g/mol. The number of carbonyl (C=O) groups is 1. The zero-order valence-electron chi connectivity index (χ0n) is 10.9. The molecular weight excluding hydrogens is 226 g/mol. The van der Waals surface area contributed by atoms with Gasteiger partial charge in [0, 0.05) is 12.0 Å². The third kappa shape index (κ3) is 2.32. The summed E-state index contributed by atoms with van der Waals surface area (Å²) in [5, 5.41) is 4.10. The van der Waals surface area contributed by atoms with E-state index in [1.165, 1.54) is 6.33 Å². The smallest absolute Gasteiger partial charge is 0.206 e. The zero-order chi connectivity index (χ0) is 13.1. The molecule has 94 valence electrons. The minimum Gasteiger partial charge on any atom is -0.290 e. The predicted molar refractivity (Wildman–Crippen MR) is 69.6 cm³/mol. The Morgan fingerprint density at radius 2 is 1.83 bits per heavy atom. The molecule has 2 rings (SSSR count). The number of carbonyl (C=O) groups excluding carboxylic acids is 1. The molecular formula is C14H17N3O. The number of rotatable bonds is 4. The van der Waals surface area contributed by atoms with Crippen molar-refractivity contribution in [3.63, 3.8) is 0 Å². The van der Waals surface area contributed by atoms with Gasteiger partial charge in [-0.1, -0.05) is 37.3 Å². The van der Waals surface area contributed by atoms with Crippen molar-refractivity contribution in [1.29, 1.82) is 0 Å². The summed E-state index contributed by atoms with van der Waals surface area (Å²) in [5.74, 6) is 0.238. The second kappa shape index (κ2) is 5.12. The van der Waals surface area contributed by atoms with Gasteiger partial charge in [0.05, 0.1) is 0 Å². The van der Waals surface area contributed by atoms with Crippen molar-refractivity contribution in [2.45, 2.75) is 32.7 Å². The van der Waals surface area contributed by atoms with E-state index in [2.05, 4.69) is 10.1 Å². The van der Waals surface area contributed by atoms with E-state index in [1.807, 2.05) is 51.1 Å². The second-order valence-electron chi connectivity index (χ2n) is 4.62. The molecule has 18 heavy (non-hydrogen) atoms. The van der Waals surface area contributed by atoms with Gasteiger partial charge in [-0.15, -0.1) is 0 Å². The molecule has 1 aromatic carbocycles. The van der Waals surface area contributed by atoms with Gasteiger partial charge in [0.2, 0.25) is 5.78 Å². The van der Waals surface area contributed by atoms with Gasteiger partial charge in [0.15, 0.2) is 5.82 Å². The van der Waals surface area contributed by atoms with Gasteiger partial charge in [-0.25, -0.2) is 9.67 Å². The highest BCUT2D eigenvalue weighted by molar-refractivity contribution is 5.97. The van der Waals surface area contributed by atoms with Gasteiger partial charge in [0.25, 0.3) is 0 Å². The van der Waals surface area contributed by atoms with Crippen LogP contribution in [0.2, 0.25) is 0 Å². The largest absolute Gasteiger partial charge is 0.290 e. The van der Waals surface area contributed by atoms with Crippen LogP contribution in [0, 0.1) is 0 Å². The van der Waals surface area contributed by atoms with Crippen LogP contribution in [-0.4, -0.2) is 20.5 Å². The first-order chi connectivity index (χ1) is 8.61. The lowest BCUT2D eigenvalue weighted by molar-refractivity contribution is 0.0948. The lowest BCUT2D eigenvalue weighted by Crippen LogP contribution is -2.18. The fourth-order valence-electron chi connectivity index (χ4n) is 1.89. The fraction of sp³-hybridized carbons (Fsp3) is 0.357. The van der Waals surface area contributed by atoms with Crippen LogP contribution >= 0.6 is 0 Å². The molecule has 0 aliphatic rings. The Kier molecular flexibility index (Phi) is 3.55. The number of nitrogens with zero attached hydrogens (tertiary/aromatic N) is 3. The van der Waals surface area contributed by atoms with E-state index in [9.17, 15) is 4.79 Å². The highest BCUT2D eigenvalue weighted by Gasteiger charge is 2.22. The van der Waals surface area contributed by atoms with E-state index in [-0.39, 0.29) is 17.7 Å². The maximum atomic E-state index is 12.4. The quantitative estimate of drug-likeness (QED) is 0.776. The van der Waals surface area contributed by atoms with Crippen molar-refractivity contribution in [3.05, 3.63) is 48.0 Å². The number of hydrogen-bond acceptors (Lipinski definition) is 3. The van der Waals surface area contributed by atoms with E-state index in [1.54, 1.807) is 4.68 Å². The van der Waals surface area contributed by atoms with E-state index >= 15 is 0 Å². The average molecular weight is 243 g/mol. The van der Waals surface area contributed by atoms with Crippen molar-refractivity contribution >= 4 is 5.78 Å². The standard InChI is InChI=1S/C14H17N3O/c1-10(2)17-14(15-9-16-17)13(18)11(3)12-7-5-4-6-8-12/h4-11H,1-3H3. The highest BCUT2D eigenvalue weighted by Crippen LogP contribution is 2.20. The van der Waals surface area contributed by atoms with Crippen LogP contribution in [0.3, 0.4) is 0 Å². The predicted octanol–water partition coefficient (Wildman–Crippen LogP) is 2.85. The summed E-state index contributed by atoms with van der Waals surface area (Å²) in [4.78, 5) is 16.5. The van der Waals surface area contributed by atoms with Crippen LogP contribution in [0.25, 0.3) is 0 Å². The summed E-state index contributed by atoms with van der Waals surface area (Å²) in [6, 6.07) is 9.86. The maximum absolute atomic E-state index is 12.4. The number of benzene rings is 1. The normalized spacial score (nSPS) is 12.7. The zero-order valence-corrected chi connectivity index (χ0v) is 10.9. The first-order valence-electron chi connectivity index (χ1n) is 6.10. The molecule has 0 spiro atoms. The topological polar surface area (TPSA) is 47.8 Å². The summed E-state index contributed by atoms with van der Waals surface area (Å²) in [6.45, 7) is 5.87. The minimum absolute atomic E-state index is 0.00685. The Balaban J connectivity index is 2.29. The Morgan fingerprint density at radius 1 is 1.17 bits per heavy atom. The number of ketones is 1. The summed E-state index contributed by atoms with van der Waals surface area (Å²) in [7, 11) is 0. The molecule has 2 aromatic rings. The van der Waals surface area contributed by atoms with Crippen molar-refractivity contribution in [3.8, 4) is 0 Å². The molecule has 1 atom stereocenters. The summed E-state index contributed by atoms with van der Waals surface area (Å²) < 4.78 is 1.67. The van der Waals surface area contributed by atoms with E-state index in [0.29, 0.717) is 5.82 Å². The SMILES string of the molecule is CC(C(=O)c1ncnn1C(C)C)c1ccccc1. The summed E-state index contributed by atoms with van der Waals surface area (Å²) in [5.41, 5.74) is 1.00. The van der Waals surface area contributed by atoms with E-state index in [0.717, 1.165) is 5.56 Å². The molecule has 4 heteroatoms. The maximum Gasteiger partial charge on any atom is 0.206 e. The lowest BCUT2D eigenvalue weighted by Gasteiger charge is -2.13. The molecule has 0 radical (unpaired) electrons. The average Bonchev–Trinajstić information content (AvgIpc) is 2.87. The van der Waals surface area contributed by atoms with Crippen molar-refractivity contribution in [2.24, 2.45) is 0 Å². The third-order valence-electron chi connectivity index (χ3n) is 2.98. The van der Waals surface area contributed by atoms with Gasteiger partial charge >= 0.3 is 0 Å². The molecule has 0 amide bonds. The van der Waals surface area contributed by atoms with Crippen molar-refractivity contribution in [1.82, 2.24) is 14.8 Å². The Morgan fingerprint density at radius 3 is 2.44 bits per heavy atom. The molecule has 0 aliphatic heterocycles. The van der Waals surface area contributed by atoms with Crippen LogP contribution in [0.5, 0.6) is 0 Å². The number of hydrogen-bond donors (Lipinski definition) is 0. The van der Waals surface area contributed by atoms with Gasteiger partial charge in [-0.2, -0.15) is 5.10 Å². The van der Waals surface area contributed by atoms with Gasteiger partial charge in [-0.3, -0.25) is 4.79 Å². The van der Waals surface area contributed by atoms with Crippen LogP contribution < -0.4 is 0 Å². The Bertz CT molecular complexity index is 531. The molecule has 0 fully saturated rings. The second-order valence-corrected chi connectivity index (χ2v) is 4.62. The first-order valence-corrected chi connectivity index (χ1v) is 6.10. The van der Waals surface area contributed by atoms with Gasteiger partial charge in [0.1, 0.15) is 6.33 Å². The summed E-state index contributed by atoms with van der Waals surface area (Å²) >= 11 is 0. The fourth-order valence-corrected chi connectivity index (χ4v) is 1.89. The lowest BCUT2D eigenvalue weighted by atomic mass is 9.96. The van der Waals surface area contributed by atoms with Gasteiger partial charge < -0.3 is 0 Å². The minimum atomic E-state index is -0.201.